The van der Waals surface area contributed by atoms with E-state index in [1.165, 1.54) is 11.1 Å². The van der Waals surface area contributed by atoms with Gasteiger partial charge in [0.1, 0.15) is 5.69 Å². The first-order valence-electron chi connectivity index (χ1n) is 6.28. The van der Waals surface area contributed by atoms with Crippen LogP contribution in [0.1, 0.15) is 37.2 Å². The molecule has 116 valence electrons. The van der Waals surface area contributed by atoms with Crippen molar-refractivity contribution in [3.05, 3.63) is 27.0 Å². The second-order valence-corrected chi connectivity index (χ2v) is 5.84. The van der Waals surface area contributed by atoms with Crippen LogP contribution in [0.25, 0.3) is 0 Å². The van der Waals surface area contributed by atoms with E-state index in [9.17, 15) is 9.59 Å². The summed E-state index contributed by atoms with van der Waals surface area (Å²) in [5.74, 6) is -1.31. The molecule has 8 heteroatoms. The minimum atomic E-state index is -0.906. The van der Waals surface area contributed by atoms with Crippen molar-refractivity contribution >= 4 is 46.7 Å². The molecule has 0 fully saturated rings. The monoisotopic (exact) mass is 352 g/mol. The van der Waals surface area contributed by atoms with Crippen LogP contribution in [0.3, 0.4) is 0 Å². The second-order valence-electron chi connectivity index (χ2n) is 4.67. The third-order valence-corrected chi connectivity index (χ3v) is 4.03. The molecule has 0 spiro atoms. The number of aromatic nitrogens is 1. The number of nitrogens with zero attached hydrogens (tertiary/aromatic N) is 2. The van der Waals surface area contributed by atoms with Crippen molar-refractivity contribution in [3.63, 3.8) is 0 Å². The maximum Gasteiger partial charge on any atom is 0.303 e. The summed E-state index contributed by atoms with van der Waals surface area (Å²) in [6, 6.07) is -0.126. The van der Waals surface area contributed by atoms with Gasteiger partial charge >= 0.3 is 5.97 Å². The van der Waals surface area contributed by atoms with E-state index >= 15 is 0 Å². The van der Waals surface area contributed by atoms with E-state index < -0.39 is 11.9 Å². The Morgan fingerprint density at radius 3 is 2.43 bits per heavy atom. The molecule has 0 atom stereocenters. The molecule has 5 nitrogen and oxygen atoms in total. The molecule has 0 saturated carbocycles. The van der Waals surface area contributed by atoms with Crippen LogP contribution < -0.4 is 0 Å². The van der Waals surface area contributed by atoms with Crippen molar-refractivity contribution in [1.29, 1.82) is 0 Å². The van der Waals surface area contributed by atoms with E-state index in [0.29, 0.717) is 13.0 Å². The molecule has 0 aliphatic rings. The average Bonchev–Trinajstić information content (AvgIpc) is 2.40. The first-order chi connectivity index (χ1) is 9.75. The van der Waals surface area contributed by atoms with Crippen molar-refractivity contribution in [3.8, 4) is 0 Å². The summed E-state index contributed by atoms with van der Waals surface area (Å²) in [7, 11) is 0. The number of halogens is 3. The fraction of sp³-hybridized carbons (Fsp3) is 0.462. The molecular weight excluding hydrogens is 339 g/mol. The molecule has 1 N–H and O–H groups in total. The topological polar surface area (TPSA) is 70.5 Å². The maximum atomic E-state index is 12.5. The molecule has 1 aromatic heterocycles. The lowest BCUT2D eigenvalue weighted by Crippen LogP contribution is -2.38. The fourth-order valence-corrected chi connectivity index (χ4v) is 2.28. The zero-order valence-electron chi connectivity index (χ0n) is 11.6. The van der Waals surface area contributed by atoms with Gasteiger partial charge in [0.25, 0.3) is 5.91 Å². The summed E-state index contributed by atoms with van der Waals surface area (Å²) < 4.78 is 0. The number of carboxylic acids is 1. The molecule has 0 bridgehead atoms. The second kappa shape index (κ2) is 7.82. The van der Waals surface area contributed by atoms with Crippen LogP contribution in [0, 0.1) is 0 Å². The first kappa shape index (κ1) is 18.0. The summed E-state index contributed by atoms with van der Waals surface area (Å²) in [4.78, 5) is 28.5. The number of amides is 1. The van der Waals surface area contributed by atoms with E-state index in [0.717, 1.165) is 0 Å². The van der Waals surface area contributed by atoms with Crippen LogP contribution in [0.2, 0.25) is 15.1 Å². The smallest absolute Gasteiger partial charge is 0.303 e. The lowest BCUT2D eigenvalue weighted by Gasteiger charge is -2.26. The van der Waals surface area contributed by atoms with E-state index in [4.69, 9.17) is 39.9 Å². The lowest BCUT2D eigenvalue weighted by molar-refractivity contribution is -0.137. The largest absolute Gasteiger partial charge is 0.481 e. The van der Waals surface area contributed by atoms with Gasteiger partial charge in [0.15, 0.2) is 0 Å². The van der Waals surface area contributed by atoms with Crippen molar-refractivity contribution in [2.24, 2.45) is 0 Å². The Morgan fingerprint density at radius 2 is 1.90 bits per heavy atom. The Bertz CT molecular complexity index is 550. The highest BCUT2D eigenvalue weighted by Gasteiger charge is 2.24. The van der Waals surface area contributed by atoms with Gasteiger partial charge in [0.05, 0.1) is 15.1 Å². The van der Waals surface area contributed by atoms with Gasteiger partial charge in [-0.05, 0) is 20.3 Å². The number of carboxylic acid groups (broad SMARTS) is 1. The number of hydrogen-bond acceptors (Lipinski definition) is 3. The van der Waals surface area contributed by atoms with Crippen molar-refractivity contribution < 1.29 is 14.7 Å². The zero-order valence-corrected chi connectivity index (χ0v) is 13.8. The van der Waals surface area contributed by atoms with Crippen LogP contribution in [0.4, 0.5) is 0 Å². The summed E-state index contributed by atoms with van der Waals surface area (Å²) >= 11 is 17.7. The van der Waals surface area contributed by atoms with Crippen LogP contribution in [-0.2, 0) is 4.79 Å². The summed E-state index contributed by atoms with van der Waals surface area (Å²) in [5, 5.41) is 8.90. The Morgan fingerprint density at radius 1 is 1.29 bits per heavy atom. The molecule has 0 radical (unpaired) electrons. The number of pyridine rings is 1. The summed E-state index contributed by atoms with van der Waals surface area (Å²) in [5.41, 5.74) is 0.00934. The highest BCUT2D eigenvalue weighted by atomic mass is 35.5. The Kier molecular flexibility index (Phi) is 6.71. The number of rotatable bonds is 6. The summed E-state index contributed by atoms with van der Waals surface area (Å²) in [6.45, 7) is 3.94. The fourth-order valence-electron chi connectivity index (χ4n) is 1.72. The van der Waals surface area contributed by atoms with Crippen LogP contribution in [0.15, 0.2) is 6.20 Å². The molecule has 1 heterocycles. The van der Waals surface area contributed by atoms with E-state index in [2.05, 4.69) is 4.98 Å². The van der Waals surface area contributed by atoms with Crippen molar-refractivity contribution in [1.82, 2.24) is 9.88 Å². The molecule has 21 heavy (non-hydrogen) atoms. The van der Waals surface area contributed by atoms with Gasteiger partial charge in [-0.15, -0.1) is 0 Å². The molecule has 1 rings (SSSR count). The Labute approximate surface area is 137 Å². The quantitative estimate of drug-likeness (QED) is 0.845. The highest BCUT2D eigenvalue weighted by Crippen LogP contribution is 2.31. The highest BCUT2D eigenvalue weighted by molar-refractivity contribution is 6.48. The molecule has 0 saturated heterocycles. The van der Waals surface area contributed by atoms with Crippen molar-refractivity contribution in [2.45, 2.75) is 32.7 Å². The van der Waals surface area contributed by atoms with Gasteiger partial charge in [0.2, 0.25) is 0 Å². The molecule has 0 aliphatic carbocycles. The van der Waals surface area contributed by atoms with Gasteiger partial charge in [-0.1, -0.05) is 34.8 Å². The van der Waals surface area contributed by atoms with Gasteiger partial charge in [-0.2, -0.15) is 0 Å². The summed E-state index contributed by atoms with van der Waals surface area (Å²) in [6.07, 6.45) is 1.59. The molecule has 0 aromatic carbocycles. The standard InChI is InChI=1S/C13H15Cl3N2O3/c1-7(2)18(5-3-4-9(19)20)13(21)12-11(16)10(15)8(14)6-17-12/h6-7H,3-5H2,1-2H3,(H,19,20). The number of aliphatic carboxylic acids is 1. The van der Waals surface area contributed by atoms with Crippen LogP contribution in [0.5, 0.6) is 0 Å². The zero-order chi connectivity index (χ0) is 16.2. The van der Waals surface area contributed by atoms with Gasteiger partial charge in [0, 0.05) is 25.2 Å². The normalized spacial score (nSPS) is 10.8. The predicted octanol–water partition coefficient (Wildman–Crippen LogP) is 3.76. The van der Waals surface area contributed by atoms with Gasteiger partial charge < -0.3 is 10.0 Å². The molecule has 1 amide bonds. The van der Waals surface area contributed by atoms with E-state index in [-0.39, 0.29) is 33.2 Å². The SMILES string of the molecule is CC(C)N(CCCC(=O)O)C(=O)c1ncc(Cl)c(Cl)c1Cl. The average molecular weight is 354 g/mol. The predicted molar refractivity (Wildman–Crippen MR) is 82.3 cm³/mol. The molecule has 0 aliphatic heterocycles. The molecule has 0 unspecified atom stereocenters. The first-order valence-corrected chi connectivity index (χ1v) is 7.41. The molecule has 1 aromatic rings. The molecular formula is C13H15Cl3N2O3. The minimum absolute atomic E-state index is 0.00180. The van der Waals surface area contributed by atoms with E-state index in [1.807, 2.05) is 13.8 Å². The Balaban J connectivity index is 2.96. The van der Waals surface area contributed by atoms with Crippen LogP contribution >= 0.6 is 34.8 Å². The maximum absolute atomic E-state index is 12.5. The third kappa shape index (κ3) is 4.73. The van der Waals surface area contributed by atoms with Gasteiger partial charge in [-0.25, -0.2) is 4.98 Å². The van der Waals surface area contributed by atoms with Crippen molar-refractivity contribution in [2.75, 3.05) is 6.54 Å². The number of carbonyl (C=O) groups is 2. The van der Waals surface area contributed by atoms with Crippen LogP contribution in [-0.4, -0.2) is 39.5 Å². The van der Waals surface area contributed by atoms with Gasteiger partial charge in [-0.3, -0.25) is 9.59 Å². The third-order valence-electron chi connectivity index (χ3n) is 2.79. The lowest BCUT2D eigenvalue weighted by atomic mass is 10.2. The minimum Gasteiger partial charge on any atom is -0.481 e. The van der Waals surface area contributed by atoms with E-state index in [1.54, 1.807) is 0 Å². The number of hydrogen-bond donors (Lipinski definition) is 1. The number of carbonyl (C=O) groups excluding carboxylic acids is 1. The Hall–Kier alpha value is -1.04.